The van der Waals surface area contributed by atoms with E-state index >= 15 is 0 Å². The van der Waals surface area contributed by atoms with Gasteiger partial charge in [0.15, 0.2) is 10.2 Å². The van der Waals surface area contributed by atoms with E-state index in [1.165, 1.54) is 5.56 Å². The zero-order valence-corrected chi connectivity index (χ0v) is 13.9. The first kappa shape index (κ1) is 14.9. The van der Waals surface area contributed by atoms with Gasteiger partial charge in [0.1, 0.15) is 0 Å². The summed E-state index contributed by atoms with van der Waals surface area (Å²) in [6.07, 6.45) is 0. The fourth-order valence-corrected chi connectivity index (χ4v) is 3.33. The van der Waals surface area contributed by atoms with Crippen LogP contribution in [-0.4, -0.2) is 28.7 Å². The van der Waals surface area contributed by atoms with Crippen LogP contribution in [0.2, 0.25) is 0 Å². The second kappa shape index (κ2) is 6.42. The molecule has 1 aliphatic rings. The van der Waals surface area contributed by atoms with Gasteiger partial charge in [-0.3, -0.25) is 4.90 Å². The highest BCUT2D eigenvalue weighted by Crippen LogP contribution is 2.34. The molecule has 1 saturated heterocycles. The van der Waals surface area contributed by atoms with E-state index in [4.69, 9.17) is 24.4 Å². The first-order valence-corrected chi connectivity index (χ1v) is 7.96. The van der Waals surface area contributed by atoms with Gasteiger partial charge in [-0.05, 0) is 42.1 Å². The van der Waals surface area contributed by atoms with Gasteiger partial charge in [-0.1, -0.05) is 48.5 Å². The van der Waals surface area contributed by atoms with Gasteiger partial charge < -0.3 is 10.2 Å². The Bertz CT molecular complexity index is 673. The summed E-state index contributed by atoms with van der Waals surface area (Å²) in [4.78, 5) is 4.16. The van der Waals surface area contributed by atoms with E-state index in [1.807, 2.05) is 36.2 Å². The third kappa shape index (κ3) is 2.69. The molecule has 0 radical (unpaired) electrons. The molecule has 1 unspecified atom stereocenters. The second-order valence-corrected chi connectivity index (χ2v) is 5.83. The van der Waals surface area contributed by atoms with Crippen molar-refractivity contribution in [2.24, 2.45) is 0 Å². The minimum absolute atomic E-state index is 0.155. The molecule has 0 saturated carbocycles. The lowest BCUT2D eigenvalue weighted by Crippen LogP contribution is -2.40. The van der Waals surface area contributed by atoms with Gasteiger partial charge in [0.2, 0.25) is 0 Å². The molecule has 1 aliphatic heterocycles. The summed E-state index contributed by atoms with van der Waals surface area (Å²) in [7, 11) is 1.83. The number of thiocarbonyl (C=S) groups is 2. The van der Waals surface area contributed by atoms with Gasteiger partial charge in [-0.2, -0.15) is 0 Å². The molecule has 1 atom stereocenters. The fourth-order valence-electron chi connectivity index (χ4n) is 2.71. The predicted molar refractivity (Wildman–Crippen MR) is 99.1 cm³/mol. The quantitative estimate of drug-likeness (QED) is 0.850. The van der Waals surface area contributed by atoms with Crippen molar-refractivity contribution >= 4 is 40.3 Å². The zero-order chi connectivity index (χ0) is 15.5. The summed E-state index contributed by atoms with van der Waals surface area (Å²) < 4.78 is 0. The van der Waals surface area contributed by atoms with E-state index in [0.717, 1.165) is 17.3 Å². The molecule has 1 N–H and O–H groups in total. The number of benzene rings is 2. The highest BCUT2D eigenvalue weighted by atomic mass is 32.1. The van der Waals surface area contributed by atoms with Crippen LogP contribution in [0.15, 0.2) is 60.7 Å². The second-order valence-electron chi connectivity index (χ2n) is 5.08. The summed E-state index contributed by atoms with van der Waals surface area (Å²) in [6.45, 7) is 0.747. The van der Waals surface area contributed by atoms with Crippen LogP contribution in [0.1, 0.15) is 11.6 Å². The average Bonchev–Trinajstić information content (AvgIpc) is 2.93. The van der Waals surface area contributed by atoms with E-state index < -0.39 is 0 Å². The molecule has 5 heteroatoms. The van der Waals surface area contributed by atoms with Crippen LogP contribution in [0.4, 0.5) is 5.69 Å². The summed E-state index contributed by atoms with van der Waals surface area (Å²) in [5.41, 5.74) is 2.32. The highest BCUT2D eigenvalue weighted by Gasteiger charge is 2.37. The Morgan fingerprint density at radius 1 is 1.05 bits per heavy atom. The molecule has 3 nitrogen and oxygen atoms in total. The number of nitrogens with zero attached hydrogens (tertiary/aromatic N) is 2. The highest BCUT2D eigenvalue weighted by molar-refractivity contribution is 7.82. The molecule has 0 aromatic heterocycles. The Morgan fingerprint density at radius 3 is 2.23 bits per heavy atom. The largest absolute Gasteiger partial charge is 0.365 e. The van der Waals surface area contributed by atoms with Gasteiger partial charge >= 0.3 is 0 Å². The summed E-state index contributed by atoms with van der Waals surface area (Å²) >= 11 is 11.1. The Kier molecular flexibility index (Phi) is 4.36. The van der Waals surface area contributed by atoms with Crippen LogP contribution >= 0.6 is 24.4 Å². The minimum Gasteiger partial charge on any atom is -0.365 e. The number of anilines is 1. The van der Waals surface area contributed by atoms with Crippen molar-refractivity contribution in [2.75, 3.05) is 18.5 Å². The average molecular weight is 327 g/mol. The van der Waals surface area contributed by atoms with Crippen LogP contribution in [0.25, 0.3) is 0 Å². The van der Waals surface area contributed by atoms with Crippen molar-refractivity contribution in [3.63, 3.8) is 0 Å². The lowest BCUT2D eigenvalue weighted by Gasteiger charge is -2.25. The van der Waals surface area contributed by atoms with Crippen molar-refractivity contribution in [1.82, 2.24) is 10.2 Å². The number of hydrogen-bond acceptors (Lipinski definition) is 2. The summed E-state index contributed by atoms with van der Waals surface area (Å²) in [5, 5.41) is 4.42. The van der Waals surface area contributed by atoms with Gasteiger partial charge in [0.25, 0.3) is 0 Å². The standard InChI is InChI=1S/C17H17N3S2/c1-18-16(21)19-12-15(13-8-4-2-5-9-13)20(17(19)22)14-10-6-3-7-11-14/h2-11,15H,12H2,1H3,(H,18,21). The van der Waals surface area contributed by atoms with E-state index in [2.05, 4.69) is 46.6 Å². The third-order valence-corrected chi connectivity index (χ3v) is 4.62. The van der Waals surface area contributed by atoms with Crippen LogP contribution < -0.4 is 10.2 Å². The van der Waals surface area contributed by atoms with Crippen LogP contribution in [0, 0.1) is 0 Å². The minimum atomic E-state index is 0.155. The van der Waals surface area contributed by atoms with Gasteiger partial charge in [0.05, 0.1) is 12.6 Å². The molecular weight excluding hydrogens is 310 g/mol. The molecular formula is C17H17N3S2. The van der Waals surface area contributed by atoms with E-state index in [-0.39, 0.29) is 6.04 Å². The maximum Gasteiger partial charge on any atom is 0.183 e. The van der Waals surface area contributed by atoms with Crippen LogP contribution in [0.5, 0.6) is 0 Å². The molecule has 2 aromatic carbocycles. The Labute approximate surface area is 141 Å². The SMILES string of the molecule is CNC(=S)N1CC(c2ccccc2)N(c2ccccc2)C1=S. The number of para-hydroxylation sites is 1. The monoisotopic (exact) mass is 327 g/mol. The molecule has 3 rings (SSSR count). The predicted octanol–water partition coefficient (Wildman–Crippen LogP) is 3.34. The Hall–Kier alpha value is -1.98. The molecule has 0 bridgehead atoms. The molecule has 1 heterocycles. The molecule has 1 fully saturated rings. The first-order chi connectivity index (χ1) is 10.7. The maximum atomic E-state index is 5.69. The number of rotatable bonds is 2. The third-order valence-electron chi connectivity index (χ3n) is 3.78. The molecule has 0 spiro atoms. The van der Waals surface area contributed by atoms with Crippen LogP contribution in [0.3, 0.4) is 0 Å². The van der Waals surface area contributed by atoms with Crippen LogP contribution in [-0.2, 0) is 0 Å². The Morgan fingerprint density at radius 2 is 1.64 bits per heavy atom. The molecule has 2 aromatic rings. The fraction of sp³-hybridized carbons (Fsp3) is 0.176. The van der Waals surface area contributed by atoms with Crippen molar-refractivity contribution in [3.8, 4) is 0 Å². The van der Waals surface area contributed by atoms with Gasteiger partial charge in [0, 0.05) is 12.7 Å². The summed E-state index contributed by atoms with van der Waals surface area (Å²) in [5.74, 6) is 0. The first-order valence-electron chi connectivity index (χ1n) is 7.15. The smallest absolute Gasteiger partial charge is 0.183 e. The van der Waals surface area contributed by atoms with Gasteiger partial charge in [-0.25, -0.2) is 0 Å². The molecule has 0 aliphatic carbocycles. The zero-order valence-electron chi connectivity index (χ0n) is 12.3. The molecule has 112 valence electrons. The van der Waals surface area contributed by atoms with Gasteiger partial charge in [-0.15, -0.1) is 0 Å². The van der Waals surface area contributed by atoms with E-state index in [9.17, 15) is 0 Å². The van der Waals surface area contributed by atoms with E-state index in [0.29, 0.717) is 5.11 Å². The summed E-state index contributed by atoms with van der Waals surface area (Å²) in [6, 6.07) is 20.8. The number of nitrogens with one attached hydrogen (secondary N) is 1. The number of hydrogen-bond donors (Lipinski definition) is 1. The maximum absolute atomic E-state index is 5.69. The lowest BCUT2D eigenvalue weighted by molar-refractivity contribution is 0.603. The topological polar surface area (TPSA) is 18.5 Å². The molecule has 22 heavy (non-hydrogen) atoms. The van der Waals surface area contributed by atoms with Crippen molar-refractivity contribution in [2.45, 2.75) is 6.04 Å². The lowest BCUT2D eigenvalue weighted by atomic mass is 10.1. The van der Waals surface area contributed by atoms with Crippen molar-refractivity contribution in [3.05, 3.63) is 66.2 Å². The van der Waals surface area contributed by atoms with Crippen molar-refractivity contribution < 1.29 is 0 Å². The Balaban J connectivity index is 2.02. The normalized spacial score (nSPS) is 17.7. The van der Waals surface area contributed by atoms with Crippen molar-refractivity contribution in [1.29, 1.82) is 0 Å². The molecule has 0 amide bonds. The van der Waals surface area contributed by atoms with E-state index in [1.54, 1.807) is 0 Å².